The van der Waals surface area contributed by atoms with E-state index in [9.17, 15) is 9.59 Å². The average molecular weight is 667 g/mol. The minimum Gasteiger partial charge on any atom is -0.460 e. The molecule has 0 radical (unpaired) electrons. The Hall–Kier alpha value is -1.38. The standard InChI is InChI=1S/C34H66O12/c1-5-9-17-37-21-25-41-33(42-26-22-38-18-10-6-2)29-45-31(35)15-13-14-16-32(36)46-30-34(43-27-23-39-19-11-7-3)44-28-24-40-20-12-8-4/h33-34H,5-30H2,1-4H3. The maximum absolute atomic E-state index is 12.3. The number of carbonyl (C=O) groups excluding carboxylic acids is 2. The monoisotopic (exact) mass is 666 g/mol. The van der Waals surface area contributed by atoms with Crippen LogP contribution in [0.1, 0.15) is 105 Å². The van der Waals surface area contributed by atoms with Crippen LogP contribution in [0.25, 0.3) is 0 Å². The van der Waals surface area contributed by atoms with Crippen molar-refractivity contribution in [2.45, 2.75) is 117 Å². The maximum atomic E-state index is 12.3. The molecule has 0 bridgehead atoms. The third-order valence-corrected chi connectivity index (χ3v) is 6.47. The topological polar surface area (TPSA) is 126 Å². The van der Waals surface area contributed by atoms with E-state index in [2.05, 4.69) is 27.7 Å². The van der Waals surface area contributed by atoms with Crippen LogP contribution in [0.15, 0.2) is 0 Å². The average Bonchev–Trinajstić information content (AvgIpc) is 3.06. The third kappa shape index (κ3) is 32.6. The second kappa shape index (κ2) is 36.5. The predicted molar refractivity (Wildman–Crippen MR) is 175 cm³/mol. The molecule has 12 nitrogen and oxygen atoms in total. The predicted octanol–water partition coefficient (Wildman–Crippen LogP) is 5.62. The Morgan fingerprint density at radius 3 is 0.935 bits per heavy atom. The van der Waals surface area contributed by atoms with Crippen LogP contribution in [0, 0.1) is 0 Å². The molecule has 0 spiro atoms. The summed E-state index contributed by atoms with van der Waals surface area (Å²) >= 11 is 0. The quantitative estimate of drug-likeness (QED) is 0.0464. The Morgan fingerprint density at radius 1 is 0.391 bits per heavy atom. The Kier molecular flexibility index (Phi) is 35.4. The first kappa shape index (κ1) is 44.6. The first-order valence-corrected chi connectivity index (χ1v) is 17.7. The lowest BCUT2D eigenvalue weighted by atomic mass is 10.2. The molecule has 0 aromatic carbocycles. The van der Waals surface area contributed by atoms with Gasteiger partial charge >= 0.3 is 11.9 Å². The van der Waals surface area contributed by atoms with Gasteiger partial charge in [0.25, 0.3) is 0 Å². The zero-order chi connectivity index (χ0) is 33.8. The Balaban J connectivity index is 4.32. The fraction of sp³-hybridized carbons (Fsp3) is 0.941. The van der Waals surface area contributed by atoms with Crippen LogP contribution in [-0.4, -0.2) is 117 Å². The van der Waals surface area contributed by atoms with E-state index >= 15 is 0 Å². The van der Waals surface area contributed by atoms with Gasteiger partial charge in [-0.05, 0) is 38.5 Å². The van der Waals surface area contributed by atoms with Crippen LogP contribution in [0.5, 0.6) is 0 Å². The normalized spacial score (nSPS) is 11.5. The van der Waals surface area contributed by atoms with E-state index in [1.165, 1.54) is 0 Å². The van der Waals surface area contributed by atoms with Gasteiger partial charge in [0.05, 0.1) is 52.9 Å². The van der Waals surface area contributed by atoms with Crippen LogP contribution < -0.4 is 0 Å². The van der Waals surface area contributed by atoms with Gasteiger partial charge in [0.2, 0.25) is 0 Å². The van der Waals surface area contributed by atoms with Gasteiger partial charge in [-0.1, -0.05) is 53.4 Å². The number of carbonyl (C=O) groups is 2. The fourth-order valence-corrected chi connectivity index (χ4v) is 3.64. The molecule has 0 amide bonds. The lowest BCUT2D eigenvalue weighted by molar-refractivity contribution is -0.190. The Morgan fingerprint density at radius 2 is 0.674 bits per heavy atom. The van der Waals surface area contributed by atoms with Gasteiger partial charge in [-0.2, -0.15) is 0 Å². The molecule has 0 atom stereocenters. The molecule has 0 unspecified atom stereocenters. The lowest BCUT2D eigenvalue weighted by Crippen LogP contribution is -2.28. The summed E-state index contributed by atoms with van der Waals surface area (Å²) < 4.78 is 55.7. The molecule has 12 heteroatoms. The molecule has 0 fully saturated rings. The first-order valence-electron chi connectivity index (χ1n) is 17.7. The summed E-state index contributed by atoms with van der Waals surface area (Å²) in [5.41, 5.74) is 0. The molecule has 274 valence electrons. The van der Waals surface area contributed by atoms with Crippen molar-refractivity contribution < 1.29 is 57.0 Å². The van der Waals surface area contributed by atoms with Crippen LogP contribution in [0.2, 0.25) is 0 Å². The van der Waals surface area contributed by atoms with E-state index in [0.717, 1.165) is 51.4 Å². The summed E-state index contributed by atoms with van der Waals surface area (Å²) in [7, 11) is 0. The molecule has 0 aliphatic carbocycles. The van der Waals surface area contributed by atoms with E-state index in [0.29, 0.717) is 92.1 Å². The first-order chi connectivity index (χ1) is 22.6. The van der Waals surface area contributed by atoms with Crippen LogP contribution in [0.3, 0.4) is 0 Å². The van der Waals surface area contributed by atoms with Crippen molar-refractivity contribution in [2.24, 2.45) is 0 Å². The second-order valence-electron chi connectivity index (χ2n) is 10.8. The molecule has 0 aromatic heterocycles. The smallest absolute Gasteiger partial charge is 0.305 e. The molecule has 0 rings (SSSR count). The van der Waals surface area contributed by atoms with Gasteiger partial charge in [-0.3, -0.25) is 9.59 Å². The highest BCUT2D eigenvalue weighted by atomic mass is 16.7. The van der Waals surface area contributed by atoms with Gasteiger partial charge < -0.3 is 47.4 Å². The van der Waals surface area contributed by atoms with Gasteiger partial charge in [0, 0.05) is 39.3 Å². The van der Waals surface area contributed by atoms with E-state index < -0.39 is 12.6 Å². The van der Waals surface area contributed by atoms with Gasteiger partial charge in [0.15, 0.2) is 12.6 Å². The number of ether oxygens (including phenoxy) is 10. The summed E-state index contributed by atoms with van der Waals surface area (Å²) in [6.07, 6.45) is 8.16. The van der Waals surface area contributed by atoms with Crippen molar-refractivity contribution in [3.05, 3.63) is 0 Å². The zero-order valence-corrected chi connectivity index (χ0v) is 29.4. The largest absolute Gasteiger partial charge is 0.460 e. The summed E-state index contributed by atoms with van der Waals surface area (Å²) in [6, 6.07) is 0. The summed E-state index contributed by atoms with van der Waals surface area (Å²) in [4.78, 5) is 24.6. The highest BCUT2D eigenvalue weighted by Crippen LogP contribution is 2.07. The Labute approximate surface area is 278 Å². The lowest BCUT2D eigenvalue weighted by Gasteiger charge is -2.19. The molecule has 0 saturated carbocycles. The zero-order valence-electron chi connectivity index (χ0n) is 29.4. The number of rotatable bonds is 37. The molecular weight excluding hydrogens is 600 g/mol. The Bertz CT molecular complexity index is 566. The van der Waals surface area contributed by atoms with E-state index in [-0.39, 0.29) is 38.0 Å². The van der Waals surface area contributed by atoms with E-state index in [4.69, 9.17) is 47.4 Å². The molecule has 0 aliphatic heterocycles. The number of unbranched alkanes of at least 4 members (excludes halogenated alkanes) is 5. The van der Waals surface area contributed by atoms with Crippen molar-refractivity contribution >= 4 is 11.9 Å². The second-order valence-corrected chi connectivity index (χ2v) is 10.8. The van der Waals surface area contributed by atoms with Gasteiger partial charge in [0.1, 0.15) is 13.2 Å². The third-order valence-electron chi connectivity index (χ3n) is 6.47. The maximum Gasteiger partial charge on any atom is 0.305 e. The molecule has 0 aromatic rings. The van der Waals surface area contributed by atoms with Gasteiger partial charge in [-0.15, -0.1) is 0 Å². The molecule has 46 heavy (non-hydrogen) atoms. The summed E-state index contributed by atoms with van der Waals surface area (Å²) in [5.74, 6) is -0.763. The van der Waals surface area contributed by atoms with Crippen molar-refractivity contribution in [1.29, 1.82) is 0 Å². The van der Waals surface area contributed by atoms with Crippen molar-refractivity contribution in [3.63, 3.8) is 0 Å². The van der Waals surface area contributed by atoms with Crippen molar-refractivity contribution in [3.8, 4) is 0 Å². The molecule has 0 heterocycles. The highest BCUT2D eigenvalue weighted by Gasteiger charge is 2.16. The molecular formula is C34H66O12. The van der Waals surface area contributed by atoms with Crippen LogP contribution in [0.4, 0.5) is 0 Å². The fourth-order valence-electron chi connectivity index (χ4n) is 3.64. The minimum atomic E-state index is -0.702. The highest BCUT2D eigenvalue weighted by molar-refractivity contribution is 5.70. The number of esters is 2. The number of hydrogen-bond acceptors (Lipinski definition) is 12. The molecule has 0 N–H and O–H groups in total. The van der Waals surface area contributed by atoms with Gasteiger partial charge in [-0.25, -0.2) is 0 Å². The molecule has 0 aliphatic rings. The summed E-state index contributed by atoms with van der Waals surface area (Å²) in [5, 5.41) is 0. The van der Waals surface area contributed by atoms with Crippen molar-refractivity contribution in [2.75, 3.05) is 92.5 Å². The number of hydrogen-bond donors (Lipinski definition) is 0. The van der Waals surface area contributed by atoms with Crippen LogP contribution in [-0.2, 0) is 57.0 Å². The SMILES string of the molecule is CCCCOCCOC(COC(=O)CCCCC(=O)OCC(OCCOCCCC)OCCOCCCC)OCCOCCCC. The minimum absolute atomic E-state index is 0.0283. The van der Waals surface area contributed by atoms with E-state index in [1.54, 1.807) is 0 Å². The van der Waals surface area contributed by atoms with Crippen LogP contribution >= 0.6 is 0 Å². The molecule has 0 saturated heterocycles. The van der Waals surface area contributed by atoms with E-state index in [1.807, 2.05) is 0 Å². The van der Waals surface area contributed by atoms with Crippen molar-refractivity contribution in [1.82, 2.24) is 0 Å². The summed E-state index contributed by atoms with van der Waals surface area (Å²) in [6.45, 7) is 14.2.